The third-order valence-corrected chi connectivity index (χ3v) is 4.80. The molecule has 9 heteroatoms. The molecule has 0 saturated carbocycles. The van der Waals surface area contributed by atoms with Gasteiger partial charge in [-0.3, -0.25) is 9.69 Å². The van der Waals surface area contributed by atoms with E-state index >= 15 is 0 Å². The lowest BCUT2D eigenvalue weighted by atomic mass is 10.2. The lowest BCUT2D eigenvalue weighted by Gasteiger charge is -2.27. The maximum Gasteiger partial charge on any atom is 0.417 e. The Morgan fingerprint density at radius 2 is 1.96 bits per heavy atom. The number of benzene rings is 1. The minimum absolute atomic E-state index is 0.0913. The second-order valence-corrected chi connectivity index (χ2v) is 6.81. The predicted octanol–water partition coefficient (Wildman–Crippen LogP) is 1.52. The zero-order chi connectivity index (χ0) is 19.4. The van der Waals surface area contributed by atoms with Gasteiger partial charge >= 0.3 is 6.18 Å². The van der Waals surface area contributed by atoms with Gasteiger partial charge in [0.2, 0.25) is 0 Å². The summed E-state index contributed by atoms with van der Waals surface area (Å²) in [6.45, 7) is 3.33. The van der Waals surface area contributed by atoms with Gasteiger partial charge in [0.15, 0.2) is 6.54 Å². The Hall–Kier alpha value is -2.32. The number of nitrogens with one attached hydrogen (secondary N) is 3. The van der Waals surface area contributed by atoms with E-state index in [1.807, 2.05) is 24.4 Å². The maximum atomic E-state index is 12.9. The Balaban J connectivity index is 1.53. The number of halogens is 4. The fourth-order valence-electron chi connectivity index (χ4n) is 3.07. The molecule has 27 heavy (non-hydrogen) atoms. The molecule has 0 unspecified atom stereocenters. The van der Waals surface area contributed by atoms with E-state index in [0.29, 0.717) is 0 Å². The van der Waals surface area contributed by atoms with Crippen molar-refractivity contribution in [1.82, 2.24) is 0 Å². The minimum atomic E-state index is -4.56. The molecule has 1 aliphatic heterocycles. The first kappa shape index (κ1) is 19.4. The Bertz CT molecular complexity index is 793. The van der Waals surface area contributed by atoms with Crippen molar-refractivity contribution < 1.29 is 27.8 Å². The zero-order valence-corrected chi connectivity index (χ0v) is 15.2. The second-order valence-electron chi connectivity index (χ2n) is 6.40. The van der Waals surface area contributed by atoms with Crippen LogP contribution in [0.2, 0.25) is 5.02 Å². The van der Waals surface area contributed by atoms with E-state index in [2.05, 4.69) is 15.2 Å². The lowest BCUT2D eigenvalue weighted by Crippen LogP contribution is -3.15. The normalized spacial score (nSPS) is 15.6. The van der Waals surface area contributed by atoms with Crippen molar-refractivity contribution in [2.75, 3.05) is 42.9 Å². The number of hydrogen-bond donors (Lipinski definition) is 2. The highest BCUT2D eigenvalue weighted by Gasteiger charge is 2.33. The number of pyridine rings is 1. The Morgan fingerprint density at radius 3 is 2.59 bits per heavy atom. The molecule has 1 amide bonds. The van der Waals surface area contributed by atoms with Crippen LogP contribution in [-0.4, -0.2) is 38.6 Å². The number of rotatable bonds is 4. The molecule has 1 fully saturated rings. The van der Waals surface area contributed by atoms with Gasteiger partial charge in [-0.05, 0) is 24.3 Å². The first-order valence-electron chi connectivity index (χ1n) is 8.55. The molecular weight excluding hydrogens is 381 g/mol. The number of alkyl halides is 3. The largest absolute Gasteiger partial charge is 0.417 e. The minimum Gasteiger partial charge on any atom is -0.321 e. The zero-order valence-electron chi connectivity index (χ0n) is 14.4. The average Bonchev–Trinajstić information content (AvgIpc) is 2.64. The molecule has 1 aromatic heterocycles. The van der Waals surface area contributed by atoms with Crippen LogP contribution in [0.1, 0.15) is 5.56 Å². The Morgan fingerprint density at radius 1 is 1.22 bits per heavy atom. The van der Waals surface area contributed by atoms with Crippen LogP contribution in [0.15, 0.2) is 42.6 Å². The van der Waals surface area contributed by atoms with E-state index in [0.717, 1.165) is 49.0 Å². The number of H-pyrrole nitrogens is 1. The van der Waals surface area contributed by atoms with Crippen LogP contribution in [0.3, 0.4) is 0 Å². The molecule has 0 bridgehead atoms. The van der Waals surface area contributed by atoms with Gasteiger partial charge in [-0.1, -0.05) is 17.7 Å². The average molecular weight is 401 g/mol. The summed E-state index contributed by atoms with van der Waals surface area (Å²) in [6.07, 6.45) is -2.70. The van der Waals surface area contributed by atoms with Crippen LogP contribution < -0.4 is 20.1 Å². The Labute approximate surface area is 159 Å². The van der Waals surface area contributed by atoms with Gasteiger partial charge in [0.25, 0.3) is 11.7 Å². The summed E-state index contributed by atoms with van der Waals surface area (Å²) in [5.74, 6) is 0.710. The van der Waals surface area contributed by atoms with Crippen molar-refractivity contribution in [3.63, 3.8) is 0 Å². The molecule has 3 rings (SSSR count). The summed E-state index contributed by atoms with van der Waals surface area (Å²) in [5, 5.41) is 2.14. The van der Waals surface area contributed by atoms with Crippen LogP contribution in [0, 0.1) is 0 Å². The number of amides is 1. The first-order chi connectivity index (χ1) is 12.8. The monoisotopic (exact) mass is 400 g/mol. The van der Waals surface area contributed by atoms with E-state index in [4.69, 9.17) is 11.6 Å². The number of aromatic amines is 1. The first-order valence-corrected chi connectivity index (χ1v) is 8.92. The SMILES string of the molecule is O=C(C[NH+]1CCN(c2cccc[nH+]2)CC1)Nc1ccc(Cl)c(C(F)(F)F)c1. The fraction of sp³-hybridized carbons (Fsp3) is 0.333. The molecule has 0 atom stereocenters. The van der Waals surface area contributed by atoms with Crippen molar-refractivity contribution >= 4 is 29.0 Å². The molecule has 5 nitrogen and oxygen atoms in total. The maximum absolute atomic E-state index is 12.9. The second kappa shape index (κ2) is 8.14. The summed E-state index contributed by atoms with van der Waals surface area (Å²) >= 11 is 5.59. The highest BCUT2D eigenvalue weighted by atomic mass is 35.5. The van der Waals surface area contributed by atoms with Gasteiger partial charge in [0.05, 0.1) is 16.8 Å². The van der Waals surface area contributed by atoms with Crippen molar-refractivity contribution in [1.29, 1.82) is 0 Å². The van der Waals surface area contributed by atoms with Crippen LogP contribution in [0.5, 0.6) is 0 Å². The standard InChI is InChI=1S/C18H18ClF3N4O/c19-15-5-4-13(11-14(15)18(20,21)22)24-17(27)12-25-7-9-26(10-8-25)16-3-1-2-6-23-16/h1-6,11H,7-10,12H2,(H,24,27)/p+2. The Kier molecular flexibility index (Phi) is 5.86. The highest BCUT2D eigenvalue weighted by molar-refractivity contribution is 6.31. The van der Waals surface area contributed by atoms with Gasteiger partial charge in [-0.2, -0.15) is 13.2 Å². The molecule has 1 saturated heterocycles. The van der Waals surface area contributed by atoms with Gasteiger partial charge < -0.3 is 10.2 Å². The summed E-state index contributed by atoms with van der Waals surface area (Å²) in [5.41, 5.74) is -0.865. The van der Waals surface area contributed by atoms with Crippen molar-refractivity contribution in [2.45, 2.75) is 6.18 Å². The molecule has 0 spiro atoms. The summed E-state index contributed by atoms with van der Waals surface area (Å²) in [6, 6.07) is 9.24. The molecule has 0 radical (unpaired) electrons. The van der Waals surface area contributed by atoms with Gasteiger partial charge in [0.1, 0.15) is 26.2 Å². The molecule has 1 aliphatic rings. The van der Waals surface area contributed by atoms with Crippen LogP contribution in [0.4, 0.5) is 24.7 Å². The summed E-state index contributed by atoms with van der Waals surface area (Å²) in [7, 11) is 0. The van der Waals surface area contributed by atoms with E-state index in [9.17, 15) is 18.0 Å². The van der Waals surface area contributed by atoms with E-state index in [-0.39, 0.29) is 23.2 Å². The van der Waals surface area contributed by atoms with E-state index in [1.54, 1.807) is 0 Å². The number of piperazine rings is 1. The highest BCUT2D eigenvalue weighted by Crippen LogP contribution is 2.36. The molecule has 0 aliphatic carbocycles. The van der Waals surface area contributed by atoms with Crippen LogP contribution in [0.25, 0.3) is 0 Å². The number of anilines is 2. The van der Waals surface area contributed by atoms with Crippen molar-refractivity contribution in [3.8, 4) is 0 Å². The molecule has 144 valence electrons. The third-order valence-electron chi connectivity index (χ3n) is 4.47. The van der Waals surface area contributed by atoms with Crippen LogP contribution >= 0.6 is 11.6 Å². The summed E-state index contributed by atoms with van der Waals surface area (Å²) < 4.78 is 38.7. The van der Waals surface area contributed by atoms with Gasteiger partial charge in [-0.25, -0.2) is 4.98 Å². The number of quaternary nitrogens is 1. The number of hydrogen-bond acceptors (Lipinski definition) is 2. The van der Waals surface area contributed by atoms with Gasteiger partial charge in [-0.15, -0.1) is 0 Å². The summed E-state index contributed by atoms with van der Waals surface area (Å²) in [4.78, 5) is 18.7. The van der Waals surface area contributed by atoms with Crippen molar-refractivity contribution in [2.24, 2.45) is 0 Å². The molecule has 2 aromatic rings. The number of carbonyl (C=O) groups is 1. The number of carbonyl (C=O) groups excluding carboxylic acids is 1. The van der Waals surface area contributed by atoms with Crippen LogP contribution in [-0.2, 0) is 11.0 Å². The quantitative estimate of drug-likeness (QED) is 0.817. The molecule has 3 N–H and O–H groups in total. The number of nitrogens with zero attached hydrogens (tertiary/aromatic N) is 1. The molecule has 2 heterocycles. The fourth-order valence-corrected chi connectivity index (χ4v) is 3.30. The lowest BCUT2D eigenvalue weighted by molar-refractivity contribution is -0.892. The smallest absolute Gasteiger partial charge is 0.321 e. The van der Waals surface area contributed by atoms with Crippen molar-refractivity contribution in [3.05, 3.63) is 53.2 Å². The molecular formula is C18H20ClF3N4O+2. The third kappa shape index (κ3) is 5.11. The van der Waals surface area contributed by atoms with Gasteiger partial charge in [0, 0.05) is 11.8 Å². The molecule has 1 aromatic carbocycles. The predicted molar refractivity (Wildman–Crippen MR) is 95.9 cm³/mol. The van der Waals surface area contributed by atoms with E-state index in [1.165, 1.54) is 6.07 Å². The number of aromatic nitrogens is 1. The van der Waals surface area contributed by atoms with E-state index < -0.39 is 11.7 Å². The topological polar surface area (TPSA) is 50.9 Å².